The Kier molecular flexibility index (Phi) is 8.43. The molecule has 4 aromatic rings. The Labute approximate surface area is 234 Å². The van der Waals surface area contributed by atoms with Crippen LogP contribution in [0.25, 0.3) is 21.8 Å². The monoisotopic (exact) mass is 563 g/mol. The number of nitrogens with zero attached hydrogens (tertiary/aromatic N) is 3. The van der Waals surface area contributed by atoms with Crippen molar-refractivity contribution in [2.45, 2.75) is 10.8 Å². The Morgan fingerprint density at radius 1 is 1.11 bits per heavy atom. The Morgan fingerprint density at radius 2 is 1.89 bits per heavy atom. The lowest BCUT2D eigenvalue weighted by Crippen LogP contribution is -2.49. The van der Waals surface area contributed by atoms with Crippen LogP contribution in [0, 0.1) is 5.41 Å². The summed E-state index contributed by atoms with van der Waals surface area (Å²) in [6.45, 7) is 4.07. The summed E-state index contributed by atoms with van der Waals surface area (Å²) in [5.41, 5.74) is 9.77. The molecule has 3 N–H and O–H groups in total. The molecule has 0 radical (unpaired) electrons. The first-order chi connectivity index (χ1) is 18.5. The zero-order chi connectivity index (χ0) is 26.5. The first-order valence-electron chi connectivity index (χ1n) is 12.3. The van der Waals surface area contributed by atoms with Crippen LogP contribution in [0.3, 0.4) is 0 Å². The summed E-state index contributed by atoms with van der Waals surface area (Å²) in [6.07, 6.45) is 2.01. The number of nitrogens with one attached hydrogen (secondary N) is 1. The SMILES string of the molecule is CSc1sc(C(=N)N)cc1-c1nc(-c2cccc(OCC(=O)N3CCN(Cc4ccccc4)CC3)c2)cs1. The molecule has 0 saturated carbocycles. The predicted octanol–water partition coefficient (Wildman–Crippen LogP) is 5.27. The Morgan fingerprint density at radius 3 is 2.63 bits per heavy atom. The second-order valence-electron chi connectivity index (χ2n) is 8.93. The number of hydrogen-bond acceptors (Lipinski definition) is 8. The van der Waals surface area contributed by atoms with Gasteiger partial charge in [0.05, 0.1) is 14.8 Å². The highest BCUT2D eigenvalue weighted by atomic mass is 32.2. The van der Waals surface area contributed by atoms with Gasteiger partial charge in [-0.3, -0.25) is 15.1 Å². The van der Waals surface area contributed by atoms with E-state index in [0.29, 0.717) is 18.8 Å². The van der Waals surface area contributed by atoms with Crippen molar-refractivity contribution in [2.24, 2.45) is 5.73 Å². The van der Waals surface area contributed by atoms with E-state index in [2.05, 4.69) is 29.2 Å². The van der Waals surface area contributed by atoms with Gasteiger partial charge in [-0.05, 0) is 30.0 Å². The summed E-state index contributed by atoms with van der Waals surface area (Å²) in [5.74, 6) is 0.725. The number of nitrogens with two attached hydrogens (primary N) is 1. The molecule has 38 heavy (non-hydrogen) atoms. The number of carbonyl (C=O) groups is 1. The molecule has 0 unspecified atom stereocenters. The highest BCUT2D eigenvalue weighted by Crippen LogP contribution is 2.40. The lowest BCUT2D eigenvalue weighted by Gasteiger charge is -2.34. The fourth-order valence-electron chi connectivity index (χ4n) is 4.32. The van der Waals surface area contributed by atoms with Crippen molar-refractivity contribution >= 4 is 46.2 Å². The number of benzene rings is 2. The molecule has 2 aromatic heterocycles. The van der Waals surface area contributed by atoms with E-state index in [1.54, 1.807) is 23.1 Å². The summed E-state index contributed by atoms with van der Waals surface area (Å²) in [7, 11) is 0. The van der Waals surface area contributed by atoms with Gasteiger partial charge in [-0.15, -0.1) is 34.4 Å². The minimum absolute atomic E-state index is 0.00837. The van der Waals surface area contributed by atoms with Gasteiger partial charge in [0.1, 0.15) is 16.6 Å². The van der Waals surface area contributed by atoms with E-state index >= 15 is 0 Å². The standard InChI is InChI=1S/C28H29N5O2S3/c1-36-28-22(15-24(38-28)26(29)30)27-31-23(18-37-27)20-8-5-9-21(14-20)35-17-25(34)33-12-10-32(11-13-33)16-19-6-3-2-4-7-19/h2-9,14-15,18H,10-13,16-17H2,1H3,(H3,29,30). The lowest BCUT2D eigenvalue weighted by molar-refractivity contribution is -0.135. The molecule has 0 aliphatic carbocycles. The zero-order valence-corrected chi connectivity index (χ0v) is 23.5. The molecule has 1 aliphatic heterocycles. The second kappa shape index (κ2) is 12.1. The van der Waals surface area contributed by atoms with Gasteiger partial charge >= 0.3 is 0 Å². The molecule has 0 bridgehead atoms. The lowest BCUT2D eigenvalue weighted by atomic mass is 10.1. The number of amidine groups is 1. The van der Waals surface area contributed by atoms with Gasteiger partial charge in [0.2, 0.25) is 0 Å². The summed E-state index contributed by atoms with van der Waals surface area (Å²) >= 11 is 4.71. The maximum atomic E-state index is 12.8. The molecule has 2 aromatic carbocycles. The van der Waals surface area contributed by atoms with Crippen molar-refractivity contribution in [1.29, 1.82) is 5.41 Å². The van der Waals surface area contributed by atoms with Crippen molar-refractivity contribution < 1.29 is 9.53 Å². The molecule has 1 fully saturated rings. The summed E-state index contributed by atoms with van der Waals surface area (Å²) in [5, 5.41) is 10.7. The number of piperazine rings is 1. The molecule has 1 saturated heterocycles. The van der Waals surface area contributed by atoms with Gasteiger partial charge in [-0.2, -0.15) is 0 Å². The first kappa shape index (κ1) is 26.4. The second-order valence-corrected chi connectivity index (χ2v) is 11.9. The molecule has 3 heterocycles. The van der Waals surface area contributed by atoms with Gasteiger partial charge in [-0.25, -0.2) is 4.98 Å². The van der Waals surface area contributed by atoms with E-state index in [1.807, 2.05) is 52.9 Å². The first-order valence-corrected chi connectivity index (χ1v) is 15.2. The largest absolute Gasteiger partial charge is 0.484 e. The number of thiazole rings is 1. The number of nitrogen functional groups attached to an aromatic ring is 1. The van der Waals surface area contributed by atoms with Gasteiger partial charge < -0.3 is 15.4 Å². The fourth-order valence-corrected chi connectivity index (χ4v) is 7.03. The van der Waals surface area contributed by atoms with Crippen LogP contribution in [0.1, 0.15) is 10.4 Å². The molecule has 1 amide bonds. The molecule has 196 valence electrons. The number of ether oxygens (including phenoxy) is 1. The van der Waals surface area contributed by atoms with E-state index in [-0.39, 0.29) is 18.3 Å². The average Bonchev–Trinajstić information content (AvgIpc) is 3.61. The van der Waals surface area contributed by atoms with Crippen LogP contribution in [0.4, 0.5) is 0 Å². The number of rotatable bonds is 9. The smallest absolute Gasteiger partial charge is 0.260 e. The van der Waals surface area contributed by atoms with Gasteiger partial charge in [0.15, 0.2) is 6.61 Å². The third-order valence-electron chi connectivity index (χ3n) is 6.35. The summed E-state index contributed by atoms with van der Waals surface area (Å²) in [4.78, 5) is 22.7. The normalized spacial score (nSPS) is 14.0. The van der Waals surface area contributed by atoms with Crippen LogP contribution in [0.5, 0.6) is 5.75 Å². The van der Waals surface area contributed by atoms with Crippen molar-refractivity contribution in [3.05, 3.63) is 76.5 Å². The minimum Gasteiger partial charge on any atom is -0.484 e. The topological polar surface area (TPSA) is 95.5 Å². The molecule has 5 rings (SSSR count). The number of thiophene rings is 1. The van der Waals surface area contributed by atoms with Crippen molar-refractivity contribution in [1.82, 2.24) is 14.8 Å². The molecule has 10 heteroatoms. The molecule has 0 atom stereocenters. The number of thioether (sulfide) groups is 1. The fraction of sp³-hybridized carbons (Fsp3) is 0.250. The molecule has 1 aliphatic rings. The average molecular weight is 564 g/mol. The van der Waals surface area contributed by atoms with E-state index < -0.39 is 0 Å². The van der Waals surface area contributed by atoms with Gasteiger partial charge in [0, 0.05) is 49.2 Å². The Bertz CT molecular complexity index is 1410. The van der Waals surface area contributed by atoms with E-state index in [9.17, 15) is 4.79 Å². The van der Waals surface area contributed by atoms with Crippen LogP contribution in [0.15, 0.2) is 70.3 Å². The highest BCUT2D eigenvalue weighted by Gasteiger charge is 2.22. The number of aromatic nitrogens is 1. The van der Waals surface area contributed by atoms with Crippen LogP contribution in [0.2, 0.25) is 0 Å². The Hall–Kier alpha value is -3.18. The number of hydrogen-bond donors (Lipinski definition) is 2. The summed E-state index contributed by atoms with van der Waals surface area (Å²) in [6, 6.07) is 20.1. The van der Waals surface area contributed by atoms with E-state index in [4.69, 9.17) is 20.9 Å². The third kappa shape index (κ3) is 6.27. The zero-order valence-electron chi connectivity index (χ0n) is 21.1. The Balaban J connectivity index is 1.17. The molecular weight excluding hydrogens is 535 g/mol. The van der Waals surface area contributed by atoms with Crippen molar-refractivity contribution in [3.63, 3.8) is 0 Å². The third-order valence-corrected chi connectivity index (χ3v) is 9.53. The van der Waals surface area contributed by atoms with E-state index in [0.717, 1.165) is 50.5 Å². The van der Waals surface area contributed by atoms with Gasteiger partial charge in [-0.1, -0.05) is 42.5 Å². The van der Waals surface area contributed by atoms with Crippen LogP contribution in [-0.2, 0) is 11.3 Å². The maximum Gasteiger partial charge on any atom is 0.260 e. The maximum absolute atomic E-state index is 12.8. The molecular formula is C28H29N5O2S3. The quantitative estimate of drug-likeness (QED) is 0.164. The van der Waals surface area contributed by atoms with E-state index in [1.165, 1.54) is 16.9 Å². The summed E-state index contributed by atoms with van der Waals surface area (Å²) < 4.78 is 6.99. The van der Waals surface area contributed by atoms with Crippen LogP contribution >= 0.6 is 34.4 Å². The van der Waals surface area contributed by atoms with Crippen molar-refractivity contribution in [3.8, 4) is 27.6 Å². The van der Waals surface area contributed by atoms with Crippen LogP contribution < -0.4 is 10.5 Å². The molecule has 0 spiro atoms. The van der Waals surface area contributed by atoms with Crippen LogP contribution in [-0.4, -0.2) is 65.6 Å². The predicted molar refractivity (Wildman–Crippen MR) is 157 cm³/mol. The minimum atomic E-state index is 0.00837. The number of amides is 1. The van der Waals surface area contributed by atoms with Gasteiger partial charge in [0.25, 0.3) is 5.91 Å². The van der Waals surface area contributed by atoms with Crippen molar-refractivity contribution in [2.75, 3.05) is 39.0 Å². The highest BCUT2D eigenvalue weighted by molar-refractivity contribution is 8.00. The molecule has 7 nitrogen and oxygen atoms in total. The number of carbonyl (C=O) groups excluding carboxylic acids is 1.